The number of benzene rings is 1. The third-order valence-electron chi connectivity index (χ3n) is 7.99. The van der Waals surface area contributed by atoms with Crippen molar-refractivity contribution in [2.45, 2.75) is 57.5 Å². The van der Waals surface area contributed by atoms with Gasteiger partial charge in [0.25, 0.3) is 0 Å². The molecule has 5 rings (SSSR count). The number of carbonyl (C=O) groups excluding carboxylic acids is 2. The number of amides is 3. The van der Waals surface area contributed by atoms with Crippen molar-refractivity contribution >= 4 is 17.6 Å². The average molecular weight is 429 g/mol. The molecule has 0 radical (unpaired) electrons. The van der Waals surface area contributed by atoms with Gasteiger partial charge in [0.1, 0.15) is 5.82 Å². The molecule has 3 atom stereocenters. The van der Waals surface area contributed by atoms with Gasteiger partial charge in [-0.05, 0) is 63.0 Å². The highest BCUT2D eigenvalue weighted by Gasteiger charge is 2.45. The number of nitrogens with one attached hydrogen (secondary N) is 1. The second-order valence-electron chi connectivity index (χ2n) is 9.88. The van der Waals surface area contributed by atoms with Gasteiger partial charge in [-0.3, -0.25) is 9.69 Å². The molecule has 6 nitrogen and oxygen atoms in total. The summed E-state index contributed by atoms with van der Waals surface area (Å²) in [5.41, 5.74) is 1.02. The standard InChI is InChI=1S/C24H33FN4O2/c1-16-20(25)4-2-5-21(16)26-24(31)27-10-8-19(9-11-27)28-13-17-12-18(15-28)22-6-3-7-23(30)29(22)14-17/h2,4-5,17-19,22H,3,6-15H2,1H3,(H,26,31)/t17-,18-,22-/m1/s1. The van der Waals surface area contributed by atoms with E-state index in [0.717, 1.165) is 64.8 Å². The van der Waals surface area contributed by atoms with Crippen LogP contribution in [0.15, 0.2) is 18.2 Å². The van der Waals surface area contributed by atoms with E-state index >= 15 is 0 Å². The van der Waals surface area contributed by atoms with Crippen LogP contribution in [0, 0.1) is 24.6 Å². The Labute approximate surface area is 183 Å². The Hall–Kier alpha value is -2.15. The third-order valence-corrected chi connectivity index (χ3v) is 7.99. The number of nitrogens with zero attached hydrogens (tertiary/aromatic N) is 3. The lowest BCUT2D eigenvalue weighted by molar-refractivity contribution is -0.145. The highest BCUT2D eigenvalue weighted by molar-refractivity contribution is 5.90. The summed E-state index contributed by atoms with van der Waals surface area (Å²) in [6.45, 7) is 6.24. The molecule has 0 unspecified atom stereocenters. The maximum absolute atomic E-state index is 13.8. The molecular weight excluding hydrogens is 395 g/mol. The molecule has 7 heteroatoms. The van der Waals surface area contributed by atoms with Crippen LogP contribution in [0.5, 0.6) is 0 Å². The van der Waals surface area contributed by atoms with Gasteiger partial charge in [-0.25, -0.2) is 9.18 Å². The zero-order chi connectivity index (χ0) is 21.5. The minimum Gasteiger partial charge on any atom is -0.339 e. The van der Waals surface area contributed by atoms with Crippen LogP contribution in [-0.2, 0) is 4.79 Å². The SMILES string of the molecule is Cc1c(F)cccc1NC(=O)N1CCC(N2C[C@H]3C[C@H](C2)[C@H]2CCCC(=O)N2C3)CC1. The second-order valence-corrected chi connectivity index (χ2v) is 9.88. The van der Waals surface area contributed by atoms with E-state index in [4.69, 9.17) is 0 Å². The van der Waals surface area contributed by atoms with Gasteiger partial charge in [0, 0.05) is 62.5 Å². The number of fused-ring (bicyclic) bond motifs is 4. The Morgan fingerprint density at radius 3 is 2.74 bits per heavy atom. The number of piperidine rings is 4. The maximum Gasteiger partial charge on any atom is 0.321 e. The first kappa shape index (κ1) is 20.7. The van der Waals surface area contributed by atoms with E-state index in [2.05, 4.69) is 15.1 Å². The Kier molecular flexibility index (Phi) is 5.63. The fourth-order valence-electron chi connectivity index (χ4n) is 6.32. The van der Waals surface area contributed by atoms with Crippen molar-refractivity contribution in [3.63, 3.8) is 0 Å². The molecule has 4 heterocycles. The van der Waals surface area contributed by atoms with E-state index in [9.17, 15) is 14.0 Å². The van der Waals surface area contributed by atoms with Crippen molar-refractivity contribution in [2.24, 2.45) is 11.8 Å². The van der Waals surface area contributed by atoms with Crippen LogP contribution >= 0.6 is 0 Å². The second kappa shape index (κ2) is 8.41. The van der Waals surface area contributed by atoms with Crippen molar-refractivity contribution < 1.29 is 14.0 Å². The van der Waals surface area contributed by atoms with Crippen LogP contribution in [0.25, 0.3) is 0 Å². The number of carbonyl (C=O) groups is 2. The van der Waals surface area contributed by atoms with Gasteiger partial charge in [-0.1, -0.05) is 6.07 Å². The van der Waals surface area contributed by atoms with Crippen molar-refractivity contribution in [2.75, 3.05) is 38.0 Å². The van der Waals surface area contributed by atoms with Crippen LogP contribution in [-0.4, -0.2) is 71.4 Å². The normalized spacial score (nSPS) is 29.6. The Morgan fingerprint density at radius 2 is 1.94 bits per heavy atom. The van der Waals surface area contributed by atoms with Crippen molar-refractivity contribution in [1.29, 1.82) is 0 Å². The van der Waals surface area contributed by atoms with Crippen molar-refractivity contribution in [3.05, 3.63) is 29.6 Å². The molecular formula is C24H33FN4O2. The molecule has 4 saturated heterocycles. The number of hydrogen-bond donors (Lipinski definition) is 1. The minimum atomic E-state index is -0.301. The molecule has 4 aliphatic rings. The molecule has 0 aliphatic carbocycles. The molecule has 3 amide bonds. The smallest absolute Gasteiger partial charge is 0.321 e. The first-order valence-electron chi connectivity index (χ1n) is 11.8. The lowest BCUT2D eigenvalue weighted by Crippen LogP contribution is -2.62. The minimum absolute atomic E-state index is 0.140. The molecule has 1 aromatic carbocycles. The molecule has 1 N–H and O–H groups in total. The van der Waals surface area contributed by atoms with E-state index in [1.54, 1.807) is 19.1 Å². The Morgan fingerprint density at radius 1 is 1.13 bits per heavy atom. The lowest BCUT2D eigenvalue weighted by Gasteiger charge is -2.54. The van der Waals surface area contributed by atoms with Gasteiger partial charge in [-0.15, -0.1) is 0 Å². The van der Waals surface area contributed by atoms with Gasteiger partial charge in [0.2, 0.25) is 5.91 Å². The maximum atomic E-state index is 13.8. The molecule has 2 bridgehead atoms. The molecule has 4 fully saturated rings. The highest BCUT2D eigenvalue weighted by atomic mass is 19.1. The number of halogens is 1. The molecule has 168 valence electrons. The van der Waals surface area contributed by atoms with E-state index in [1.807, 2.05) is 4.90 Å². The summed E-state index contributed by atoms with van der Waals surface area (Å²) in [5.74, 6) is 1.26. The quantitative estimate of drug-likeness (QED) is 0.785. The zero-order valence-corrected chi connectivity index (χ0v) is 18.4. The number of urea groups is 1. The molecule has 0 saturated carbocycles. The highest BCUT2D eigenvalue weighted by Crippen LogP contribution is 2.39. The number of hydrogen-bond acceptors (Lipinski definition) is 3. The summed E-state index contributed by atoms with van der Waals surface area (Å²) in [6.07, 6.45) is 6.15. The monoisotopic (exact) mass is 428 g/mol. The van der Waals surface area contributed by atoms with Crippen molar-refractivity contribution in [3.8, 4) is 0 Å². The van der Waals surface area contributed by atoms with Crippen LogP contribution in [0.3, 0.4) is 0 Å². The fourth-order valence-corrected chi connectivity index (χ4v) is 6.32. The van der Waals surface area contributed by atoms with E-state index in [0.29, 0.717) is 41.1 Å². The summed E-state index contributed by atoms with van der Waals surface area (Å²) in [5, 5.41) is 2.88. The van der Waals surface area contributed by atoms with Crippen molar-refractivity contribution in [1.82, 2.24) is 14.7 Å². The first-order valence-corrected chi connectivity index (χ1v) is 11.8. The molecule has 31 heavy (non-hydrogen) atoms. The van der Waals surface area contributed by atoms with E-state index in [-0.39, 0.29) is 11.8 Å². The Balaban J connectivity index is 1.16. The van der Waals surface area contributed by atoms with Gasteiger partial charge in [0.05, 0.1) is 0 Å². The van der Waals surface area contributed by atoms with Crippen LogP contribution in [0.4, 0.5) is 14.9 Å². The predicted octanol–water partition coefficient (Wildman–Crippen LogP) is 3.46. The topological polar surface area (TPSA) is 55.9 Å². The summed E-state index contributed by atoms with van der Waals surface area (Å²) in [6, 6.07) is 5.59. The summed E-state index contributed by atoms with van der Waals surface area (Å²) in [4.78, 5) is 31.8. The molecule has 4 aliphatic heterocycles. The van der Waals surface area contributed by atoms with E-state index in [1.165, 1.54) is 12.5 Å². The summed E-state index contributed by atoms with van der Waals surface area (Å²) >= 11 is 0. The van der Waals surface area contributed by atoms with E-state index < -0.39 is 0 Å². The molecule has 0 spiro atoms. The van der Waals surface area contributed by atoms with Crippen LogP contribution in [0.2, 0.25) is 0 Å². The van der Waals surface area contributed by atoms with Crippen LogP contribution < -0.4 is 5.32 Å². The van der Waals surface area contributed by atoms with Gasteiger partial charge in [0.15, 0.2) is 0 Å². The predicted molar refractivity (Wildman–Crippen MR) is 117 cm³/mol. The molecule has 1 aromatic rings. The fraction of sp³-hybridized carbons (Fsp3) is 0.667. The summed E-state index contributed by atoms with van der Waals surface area (Å²) in [7, 11) is 0. The van der Waals surface area contributed by atoms with Crippen LogP contribution in [0.1, 0.15) is 44.1 Å². The zero-order valence-electron chi connectivity index (χ0n) is 18.4. The average Bonchev–Trinajstić information content (AvgIpc) is 2.78. The number of anilines is 1. The van der Waals surface area contributed by atoms with Gasteiger partial charge in [-0.2, -0.15) is 0 Å². The summed E-state index contributed by atoms with van der Waals surface area (Å²) < 4.78 is 13.8. The third kappa shape index (κ3) is 4.04. The Bertz CT molecular complexity index is 854. The first-order chi connectivity index (χ1) is 15.0. The molecule has 0 aromatic heterocycles. The largest absolute Gasteiger partial charge is 0.339 e. The van der Waals surface area contributed by atoms with Gasteiger partial charge >= 0.3 is 6.03 Å². The lowest BCUT2D eigenvalue weighted by atomic mass is 9.75. The van der Waals surface area contributed by atoms with Gasteiger partial charge < -0.3 is 15.1 Å². The number of rotatable bonds is 2. The number of likely N-dealkylation sites (tertiary alicyclic amines) is 2.